The summed E-state index contributed by atoms with van der Waals surface area (Å²) in [7, 11) is 0. The molecule has 0 amide bonds. The minimum absolute atomic E-state index is 0.540. The van der Waals surface area contributed by atoms with Crippen LogP contribution in [0.3, 0.4) is 0 Å². The van der Waals surface area contributed by atoms with E-state index in [0.717, 1.165) is 10.5 Å². The summed E-state index contributed by atoms with van der Waals surface area (Å²) in [6.07, 6.45) is 0. The Labute approximate surface area is 75.0 Å². The first kappa shape index (κ1) is 7.71. The van der Waals surface area contributed by atoms with Crippen LogP contribution in [0.5, 0.6) is 0 Å². The standard InChI is InChI=1S/C9H10N2S/c1-6-3-2-4-7-9(6)12-8(5-10)11-7/h2-4H,5,10H2,1H3. The second kappa shape index (κ2) is 2.84. The van der Waals surface area contributed by atoms with E-state index < -0.39 is 0 Å². The Hall–Kier alpha value is -0.930. The highest BCUT2D eigenvalue weighted by atomic mass is 32.1. The molecule has 12 heavy (non-hydrogen) atoms. The van der Waals surface area contributed by atoms with Crippen LogP contribution in [0.1, 0.15) is 10.6 Å². The molecule has 62 valence electrons. The first-order chi connectivity index (χ1) is 5.81. The molecule has 2 N–H and O–H groups in total. The number of rotatable bonds is 1. The Morgan fingerprint density at radius 1 is 1.50 bits per heavy atom. The molecule has 0 aliphatic carbocycles. The van der Waals surface area contributed by atoms with E-state index in [0.29, 0.717) is 6.54 Å². The fourth-order valence-electron chi connectivity index (χ4n) is 1.22. The molecule has 2 aromatic rings. The summed E-state index contributed by atoms with van der Waals surface area (Å²) in [5, 5.41) is 1.01. The highest BCUT2D eigenvalue weighted by Crippen LogP contribution is 2.24. The number of hydrogen-bond donors (Lipinski definition) is 1. The fraction of sp³-hybridized carbons (Fsp3) is 0.222. The third-order valence-electron chi connectivity index (χ3n) is 1.83. The third kappa shape index (κ3) is 1.11. The molecule has 0 aliphatic rings. The molecular weight excluding hydrogens is 168 g/mol. The van der Waals surface area contributed by atoms with Gasteiger partial charge in [-0.1, -0.05) is 12.1 Å². The summed E-state index contributed by atoms with van der Waals surface area (Å²) in [4.78, 5) is 4.39. The van der Waals surface area contributed by atoms with Crippen molar-refractivity contribution >= 4 is 21.6 Å². The maximum atomic E-state index is 5.51. The topological polar surface area (TPSA) is 38.9 Å². The zero-order chi connectivity index (χ0) is 8.55. The van der Waals surface area contributed by atoms with Gasteiger partial charge >= 0.3 is 0 Å². The highest BCUT2D eigenvalue weighted by molar-refractivity contribution is 7.18. The van der Waals surface area contributed by atoms with Gasteiger partial charge in [-0.25, -0.2) is 4.98 Å². The average molecular weight is 178 g/mol. The molecule has 3 heteroatoms. The van der Waals surface area contributed by atoms with E-state index in [4.69, 9.17) is 5.73 Å². The first-order valence-corrected chi connectivity index (χ1v) is 4.68. The van der Waals surface area contributed by atoms with E-state index in [9.17, 15) is 0 Å². The second-order valence-electron chi connectivity index (χ2n) is 2.73. The number of thiazole rings is 1. The molecule has 0 unspecified atom stereocenters. The predicted molar refractivity (Wildman–Crippen MR) is 52.2 cm³/mol. The van der Waals surface area contributed by atoms with Gasteiger partial charge in [-0.15, -0.1) is 11.3 Å². The van der Waals surface area contributed by atoms with Crippen LogP contribution < -0.4 is 5.73 Å². The van der Waals surface area contributed by atoms with Crippen LogP contribution in [0.2, 0.25) is 0 Å². The summed E-state index contributed by atoms with van der Waals surface area (Å²) < 4.78 is 1.26. The van der Waals surface area contributed by atoms with Crippen LogP contribution in [-0.2, 0) is 6.54 Å². The lowest BCUT2D eigenvalue weighted by atomic mass is 10.2. The molecule has 1 heterocycles. The van der Waals surface area contributed by atoms with Crippen molar-refractivity contribution in [2.24, 2.45) is 5.73 Å². The van der Waals surface area contributed by atoms with Gasteiger partial charge in [-0.3, -0.25) is 0 Å². The van der Waals surface area contributed by atoms with Crippen LogP contribution in [0, 0.1) is 6.92 Å². The van der Waals surface area contributed by atoms with Crippen LogP contribution in [0.15, 0.2) is 18.2 Å². The van der Waals surface area contributed by atoms with E-state index in [1.54, 1.807) is 11.3 Å². The van der Waals surface area contributed by atoms with Gasteiger partial charge in [0.1, 0.15) is 5.01 Å². The zero-order valence-corrected chi connectivity index (χ0v) is 7.69. The Morgan fingerprint density at radius 3 is 3.00 bits per heavy atom. The first-order valence-electron chi connectivity index (χ1n) is 3.86. The molecule has 0 spiro atoms. The van der Waals surface area contributed by atoms with Gasteiger partial charge in [0.25, 0.3) is 0 Å². The number of fused-ring (bicyclic) bond motifs is 1. The second-order valence-corrected chi connectivity index (χ2v) is 3.82. The van der Waals surface area contributed by atoms with Crippen molar-refractivity contribution < 1.29 is 0 Å². The molecule has 0 atom stereocenters. The van der Waals surface area contributed by atoms with Crippen LogP contribution >= 0.6 is 11.3 Å². The summed E-state index contributed by atoms with van der Waals surface area (Å²) in [6, 6.07) is 6.15. The number of aryl methyl sites for hydroxylation is 1. The van der Waals surface area contributed by atoms with Crippen LogP contribution in [0.25, 0.3) is 10.2 Å². The number of hydrogen-bond acceptors (Lipinski definition) is 3. The van der Waals surface area contributed by atoms with Gasteiger partial charge in [-0.05, 0) is 18.6 Å². The lowest BCUT2D eigenvalue weighted by molar-refractivity contribution is 1.05. The molecule has 0 radical (unpaired) electrons. The number of nitrogens with two attached hydrogens (primary N) is 1. The Kier molecular flexibility index (Phi) is 1.83. The summed E-state index contributed by atoms with van der Waals surface area (Å²) >= 11 is 1.69. The normalized spacial score (nSPS) is 10.8. The third-order valence-corrected chi connectivity index (χ3v) is 3.06. The van der Waals surface area contributed by atoms with Gasteiger partial charge in [0.05, 0.1) is 10.2 Å². The lowest BCUT2D eigenvalue weighted by Crippen LogP contribution is -1.93. The molecule has 0 saturated carbocycles. The van der Waals surface area contributed by atoms with E-state index in [2.05, 4.69) is 18.0 Å². The highest BCUT2D eigenvalue weighted by Gasteiger charge is 2.02. The van der Waals surface area contributed by atoms with Gasteiger partial charge in [0.15, 0.2) is 0 Å². The van der Waals surface area contributed by atoms with Gasteiger partial charge in [0.2, 0.25) is 0 Å². The van der Waals surface area contributed by atoms with Crippen LogP contribution in [-0.4, -0.2) is 4.98 Å². The van der Waals surface area contributed by atoms with Crippen molar-refractivity contribution in [1.29, 1.82) is 0 Å². The van der Waals surface area contributed by atoms with Crippen molar-refractivity contribution in [1.82, 2.24) is 4.98 Å². The molecule has 0 aliphatic heterocycles. The van der Waals surface area contributed by atoms with E-state index in [-0.39, 0.29) is 0 Å². The maximum Gasteiger partial charge on any atom is 0.107 e. The monoisotopic (exact) mass is 178 g/mol. The Bertz CT molecular complexity index is 406. The predicted octanol–water partition coefficient (Wildman–Crippen LogP) is 2.06. The Balaban J connectivity index is 2.74. The molecule has 1 aromatic heterocycles. The SMILES string of the molecule is Cc1cccc2nc(CN)sc12. The largest absolute Gasteiger partial charge is 0.325 e. The van der Waals surface area contributed by atoms with Crippen molar-refractivity contribution in [2.75, 3.05) is 0 Å². The molecule has 1 aromatic carbocycles. The molecule has 2 nitrogen and oxygen atoms in total. The Morgan fingerprint density at radius 2 is 2.33 bits per heavy atom. The molecule has 0 saturated heterocycles. The van der Waals surface area contributed by atoms with E-state index in [1.165, 1.54) is 10.3 Å². The minimum Gasteiger partial charge on any atom is -0.325 e. The lowest BCUT2D eigenvalue weighted by Gasteiger charge is -1.90. The summed E-state index contributed by atoms with van der Waals surface area (Å²) in [6.45, 7) is 2.64. The fourth-order valence-corrected chi connectivity index (χ4v) is 2.13. The molecular formula is C9H10N2S. The number of aromatic nitrogens is 1. The number of nitrogens with zero attached hydrogens (tertiary/aromatic N) is 1. The van der Waals surface area contributed by atoms with E-state index >= 15 is 0 Å². The molecule has 2 rings (SSSR count). The van der Waals surface area contributed by atoms with Crippen molar-refractivity contribution in [3.8, 4) is 0 Å². The van der Waals surface area contributed by atoms with Gasteiger partial charge in [0, 0.05) is 6.54 Å². The van der Waals surface area contributed by atoms with Gasteiger partial charge < -0.3 is 5.73 Å². The summed E-state index contributed by atoms with van der Waals surface area (Å²) in [5.41, 5.74) is 7.86. The zero-order valence-electron chi connectivity index (χ0n) is 6.87. The van der Waals surface area contributed by atoms with Crippen molar-refractivity contribution in [3.63, 3.8) is 0 Å². The molecule has 0 fully saturated rings. The maximum absolute atomic E-state index is 5.51. The molecule has 0 bridgehead atoms. The number of benzene rings is 1. The van der Waals surface area contributed by atoms with E-state index in [1.807, 2.05) is 12.1 Å². The minimum atomic E-state index is 0.540. The summed E-state index contributed by atoms with van der Waals surface area (Å²) in [5.74, 6) is 0. The van der Waals surface area contributed by atoms with Gasteiger partial charge in [-0.2, -0.15) is 0 Å². The van der Waals surface area contributed by atoms with Crippen molar-refractivity contribution in [3.05, 3.63) is 28.8 Å². The smallest absolute Gasteiger partial charge is 0.107 e. The quantitative estimate of drug-likeness (QED) is 0.726. The van der Waals surface area contributed by atoms with Crippen molar-refractivity contribution in [2.45, 2.75) is 13.5 Å². The van der Waals surface area contributed by atoms with Crippen LogP contribution in [0.4, 0.5) is 0 Å². The average Bonchev–Trinajstić information content (AvgIpc) is 2.49.